The number of aliphatic hydroxyl groups excluding tert-OH is 1. The van der Waals surface area contributed by atoms with Crippen molar-refractivity contribution in [2.45, 2.75) is 44.7 Å². The molecule has 0 saturated carbocycles. The van der Waals surface area contributed by atoms with Gasteiger partial charge in [-0.25, -0.2) is 4.79 Å². The third-order valence-corrected chi connectivity index (χ3v) is 3.78. The Kier molecular flexibility index (Phi) is 5.34. The zero-order valence-corrected chi connectivity index (χ0v) is 13.0. The zero-order valence-electron chi connectivity index (χ0n) is 13.0. The molecule has 1 aliphatic rings. The summed E-state index contributed by atoms with van der Waals surface area (Å²) in [6.45, 7) is 3.22. The van der Waals surface area contributed by atoms with Crippen LogP contribution in [0.2, 0.25) is 0 Å². The molecular formula is C14H21N3O6. The Balaban J connectivity index is 2.12. The number of nitrogens with two attached hydrogens (primary N) is 1. The van der Waals surface area contributed by atoms with Gasteiger partial charge < -0.3 is 20.3 Å². The van der Waals surface area contributed by atoms with Crippen molar-refractivity contribution in [3.8, 4) is 0 Å². The second-order valence-corrected chi connectivity index (χ2v) is 5.81. The van der Waals surface area contributed by atoms with E-state index in [0.717, 1.165) is 0 Å². The number of carbonyl (C=O) groups excluding carboxylic acids is 1. The second kappa shape index (κ2) is 7.07. The molecule has 23 heavy (non-hydrogen) atoms. The summed E-state index contributed by atoms with van der Waals surface area (Å²) in [5, 5.41) is 9.38. The molecule has 2 heterocycles. The molecule has 1 saturated heterocycles. The standard InChI is InChI=1S/C14H21N3O6/c1-7(2)12(15)13(20)23-8-5-11(22-9(8)6-18)17-4-3-10(19)16-14(17)21/h3-4,7-9,11-12,18H,5-6,15H2,1-2H3,(H,16,19,21)/t8-,9+,11+,12+/m1/s1. The third-order valence-electron chi connectivity index (χ3n) is 3.78. The number of aromatic amines is 1. The van der Waals surface area contributed by atoms with Crippen LogP contribution in [-0.2, 0) is 14.3 Å². The number of aliphatic hydroxyl groups is 1. The van der Waals surface area contributed by atoms with Crippen molar-refractivity contribution in [3.63, 3.8) is 0 Å². The van der Waals surface area contributed by atoms with Gasteiger partial charge in [-0.2, -0.15) is 0 Å². The molecular weight excluding hydrogens is 306 g/mol. The Hall–Kier alpha value is -1.97. The lowest BCUT2D eigenvalue weighted by molar-refractivity contribution is -0.155. The van der Waals surface area contributed by atoms with E-state index in [4.69, 9.17) is 15.2 Å². The fourth-order valence-corrected chi connectivity index (χ4v) is 2.31. The fraction of sp³-hybridized carbons (Fsp3) is 0.643. The molecule has 0 spiro atoms. The number of carbonyl (C=O) groups is 1. The lowest BCUT2D eigenvalue weighted by atomic mass is 10.1. The number of rotatable bonds is 5. The minimum absolute atomic E-state index is 0.0880. The van der Waals surface area contributed by atoms with Crippen LogP contribution in [-0.4, -0.2) is 45.5 Å². The summed E-state index contributed by atoms with van der Waals surface area (Å²) in [5.74, 6) is -0.670. The van der Waals surface area contributed by atoms with Crippen LogP contribution in [0.4, 0.5) is 0 Å². The summed E-state index contributed by atoms with van der Waals surface area (Å²) >= 11 is 0. The first kappa shape index (κ1) is 17.4. The summed E-state index contributed by atoms with van der Waals surface area (Å²) in [4.78, 5) is 37.0. The van der Waals surface area contributed by atoms with Gasteiger partial charge in [-0.15, -0.1) is 0 Å². The van der Waals surface area contributed by atoms with Crippen molar-refractivity contribution in [1.29, 1.82) is 0 Å². The molecule has 4 atom stereocenters. The minimum atomic E-state index is -0.774. The molecule has 1 aromatic heterocycles. The third kappa shape index (κ3) is 3.87. The van der Waals surface area contributed by atoms with Crippen LogP contribution in [0.1, 0.15) is 26.5 Å². The Morgan fingerprint density at radius 2 is 2.26 bits per heavy atom. The smallest absolute Gasteiger partial charge is 0.330 e. The molecule has 1 aliphatic heterocycles. The van der Waals surface area contributed by atoms with E-state index in [1.54, 1.807) is 13.8 Å². The highest BCUT2D eigenvalue weighted by molar-refractivity contribution is 5.76. The fourth-order valence-electron chi connectivity index (χ4n) is 2.31. The number of ether oxygens (including phenoxy) is 2. The van der Waals surface area contributed by atoms with Crippen LogP contribution in [0.3, 0.4) is 0 Å². The van der Waals surface area contributed by atoms with Gasteiger partial charge >= 0.3 is 11.7 Å². The summed E-state index contributed by atoms with van der Waals surface area (Å²) in [6, 6.07) is 0.413. The van der Waals surface area contributed by atoms with Gasteiger partial charge in [0.25, 0.3) is 5.56 Å². The molecule has 0 aromatic carbocycles. The lowest BCUT2D eigenvalue weighted by Gasteiger charge is -2.20. The predicted octanol–water partition coefficient (Wildman–Crippen LogP) is -1.29. The van der Waals surface area contributed by atoms with Gasteiger partial charge in [-0.1, -0.05) is 13.8 Å². The molecule has 0 bridgehead atoms. The van der Waals surface area contributed by atoms with Crippen molar-refractivity contribution in [2.24, 2.45) is 11.7 Å². The second-order valence-electron chi connectivity index (χ2n) is 5.81. The van der Waals surface area contributed by atoms with Crippen molar-refractivity contribution < 1.29 is 19.4 Å². The highest BCUT2D eigenvalue weighted by atomic mass is 16.6. The zero-order chi connectivity index (χ0) is 17.1. The van der Waals surface area contributed by atoms with E-state index >= 15 is 0 Å². The van der Waals surface area contributed by atoms with Crippen molar-refractivity contribution in [3.05, 3.63) is 33.1 Å². The van der Waals surface area contributed by atoms with E-state index in [1.165, 1.54) is 16.8 Å². The summed E-state index contributed by atoms with van der Waals surface area (Å²) in [5.41, 5.74) is 4.58. The lowest BCUT2D eigenvalue weighted by Crippen LogP contribution is -2.41. The van der Waals surface area contributed by atoms with E-state index < -0.39 is 41.7 Å². The molecule has 128 valence electrons. The monoisotopic (exact) mass is 327 g/mol. The number of aromatic nitrogens is 2. The Morgan fingerprint density at radius 3 is 2.83 bits per heavy atom. The first-order valence-electron chi connectivity index (χ1n) is 7.37. The average Bonchev–Trinajstić information content (AvgIpc) is 2.88. The largest absolute Gasteiger partial charge is 0.458 e. The molecule has 1 aromatic rings. The summed E-state index contributed by atoms with van der Waals surface area (Å²) in [7, 11) is 0. The van der Waals surface area contributed by atoms with E-state index in [9.17, 15) is 19.5 Å². The highest BCUT2D eigenvalue weighted by Crippen LogP contribution is 2.29. The van der Waals surface area contributed by atoms with E-state index in [2.05, 4.69) is 4.98 Å². The first-order chi connectivity index (χ1) is 10.8. The van der Waals surface area contributed by atoms with Gasteiger partial charge in [-0.05, 0) is 5.92 Å². The van der Waals surface area contributed by atoms with Gasteiger partial charge in [0, 0.05) is 18.7 Å². The Labute approximate surface area is 132 Å². The van der Waals surface area contributed by atoms with Crippen LogP contribution in [0.5, 0.6) is 0 Å². The predicted molar refractivity (Wildman–Crippen MR) is 79.6 cm³/mol. The quantitative estimate of drug-likeness (QED) is 0.572. The van der Waals surface area contributed by atoms with Crippen LogP contribution in [0, 0.1) is 5.92 Å². The molecule has 2 rings (SSSR count). The molecule has 0 aliphatic carbocycles. The van der Waals surface area contributed by atoms with Crippen LogP contribution in [0.25, 0.3) is 0 Å². The summed E-state index contributed by atoms with van der Waals surface area (Å²) in [6.07, 6.45) is -0.759. The van der Waals surface area contributed by atoms with Crippen molar-refractivity contribution in [2.75, 3.05) is 6.61 Å². The van der Waals surface area contributed by atoms with Gasteiger partial charge in [0.1, 0.15) is 24.5 Å². The molecule has 0 radical (unpaired) electrons. The Morgan fingerprint density at radius 1 is 1.57 bits per heavy atom. The topological polar surface area (TPSA) is 137 Å². The average molecular weight is 327 g/mol. The molecule has 0 unspecified atom stereocenters. The van der Waals surface area contributed by atoms with Gasteiger partial charge in [0.15, 0.2) is 0 Å². The van der Waals surface area contributed by atoms with Gasteiger partial charge in [-0.3, -0.25) is 19.1 Å². The molecule has 0 amide bonds. The number of esters is 1. The maximum atomic E-state index is 12.0. The maximum Gasteiger partial charge on any atom is 0.330 e. The van der Waals surface area contributed by atoms with Crippen LogP contribution >= 0.6 is 0 Å². The van der Waals surface area contributed by atoms with E-state index in [1.807, 2.05) is 0 Å². The van der Waals surface area contributed by atoms with Crippen molar-refractivity contribution >= 4 is 5.97 Å². The first-order valence-corrected chi connectivity index (χ1v) is 7.37. The Bertz CT molecular complexity index is 667. The maximum absolute atomic E-state index is 12.0. The van der Waals surface area contributed by atoms with E-state index in [-0.39, 0.29) is 18.9 Å². The molecule has 1 fully saturated rings. The van der Waals surface area contributed by atoms with Gasteiger partial charge in [0.05, 0.1) is 6.61 Å². The number of hydrogen-bond acceptors (Lipinski definition) is 7. The number of H-pyrrole nitrogens is 1. The summed E-state index contributed by atoms with van der Waals surface area (Å²) < 4.78 is 12.0. The molecule has 9 nitrogen and oxygen atoms in total. The van der Waals surface area contributed by atoms with E-state index in [0.29, 0.717) is 0 Å². The SMILES string of the molecule is CC(C)[C@H](N)C(=O)O[C@@H]1C[C@@H](n2ccc(=O)[nH]c2=O)O[C@H]1CO. The molecule has 9 heteroatoms. The van der Waals surface area contributed by atoms with Crippen LogP contribution < -0.4 is 17.0 Å². The number of nitrogens with one attached hydrogen (secondary N) is 1. The minimum Gasteiger partial charge on any atom is -0.458 e. The number of nitrogens with zero attached hydrogens (tertiary/aromatic N) is 1. The molecule has 4 N–H and O–H groups in total. The highest BCUT2D eigenvalue weighted by Gasteiger charge is 2.39. The number of hydrogen-bond donors (Lipinski definition) is 3. The van der Waals surface area contributed by atoms with Crippen LogP contribution in [0.15, 0.2) is 21.9 Å². The van der Waals surface area contributed by atoms with Crippen molar-refractivity contribution in [1.82, 2.24) is 9.55 Å². The normalized spacial score (nSPS) is 25.5. The van der Waals surface area contributed by atoms with Gasteiger partial charge in [0.2, 0.25) is 0 Å².